The van der Waals surface area contributed by atoms with Gasteiger partial charge in [-0.2, -0.15) is 0 Å². The van der Waals surface area contributed by atoms with Gasteiger partial charge in [0.2, 0.25) is 5.91 Å². The number of hydrogen-bond donors (Lipinski definition) is 3. The number of nitrogens with zero attached hydrogens (tertiary/aromatic N) is 1. The number of nitrogens with one attached hydrogen (secondary N) is 2. The van der Waals surface area contributed by atoms with Gasteiger partial charge in [-0.15, -0.1) is 24.8 Å². The van der Waals surface area contributed by atoms with Crippen LogP contribution < -0.4 is 11.1 Å². The molecule has 3 unspecified atom stereocenters. The summed E-state index contributed by atoms with van der Waals surface area (Å²) in [6, 6.07) is 7.92. The van der Waals surface area contributed by atoms with E-state index in [1.54, 1.807) is 0 Å². The molecule has 122 valence electrons. The Morgan fingerprint density at radius 2 is 2.09 bits per heavy atom. The number of aromatic amines is 1. The molecule has 3 rings (SSSR count). The Morgan fingerprint density at radius 3 is 2.73 bits per heavy atom. The van der Waals surface area contributed by atoms with Crippen LogP contribution in [0.4, 0.5) is 0 Å². The van der Waals surface area contributed by atoms with Crippen molar-refractivity contribution in [3.8, 4) is 0 Å². The van der Waals surface area contributed by atoms with Gasteiger partial charge in [-0.05, 0) is 38.3 Å². The van der Waals surface area contributed by atoms with E-state index in [0.717, 1.165) is 36.1 Å². The normalized spacial score (nSPS) is 21.7. The third-order valence-electron chi connectivity index (χ3n) is 4.02. The number of carbonyl (C=O) groups is 1. The van der Waals surface area contributed by atoms with Crippen LogP contribution in [0.5, 0.6) is 0 Å². The maximum absolute atomic E-state index is 12.2. The van der Waals surface area contributed by atoms with Crippen LogP contribution in [0.15, 0.2) is 24.3 Å². The van der Waals surface area contributed by atoms with E-state index in [1.807, 2.05) is 31.2 Å². The van der Waals surface area contributed by atoms with E-state index in [1.165, 1.54) is 0 Å². The zero-order chi connectivity index (χ0) is 14.1. The molecule has 1 aliphatic carbocycles. The Bertz CT molecular complexity index is 598. The number of hydrogen-bond acceptors (Lipinski definition) is 3. The van der Waals surface area contributed by atoms with Gasteiger partial charge in [0, 0.05) is 12.0 Å². The van der Waals surface area contributed by atoms with Crippen molar-refractivity contribution in [2.24, 2.45) is 11.7 Å². The molecule has 0 spiro atoms. The van der Waals surface area contributed by atoms with Crippen LogP contribution in [0.1, 0.15) is 38.1 Å². The molecule has 4 N–H and O–H groups in total. The summed E-state index contributed by atoms with van der Waals surface area (Å²) in [5.41, 5.74) is 7.77. The van der Waals surface area contributed by atoms with E-state index in [-0.39, 0.29) is 48.7 Å². The van der Waals surface area contributed by atoms with E-state index >= 15 is 0 Å². The first-order valence-electron chi connectivity index (χ1n) is 7.14. The first kappa shape index (κ1) is 18.7. The number of nitrogens with two attached hydrogens (primary N) is 1. The van der Waals surface area contributed by atoms with Gasteiger partial charge in [-0.3, -0.25) is 4.79 Å². The molecule has 5 nitrogen and oxygen atoms in total. The van der Waals surface area contributed by atoms with Crippen molar-refractivity contribution in [2.75, 3.05) is 0 Å². The maximum Gasteiger partial charge on any atom is 0.223 e. The molecular formula is C15H22Cl2N4O. The van der Waals surface area contributed by atoms with E-state index in [9.17, 15) is 4.79 Å². The molecule has 1 saturated carbocycles. The second kappa shape index (κ2) is 7.81. The standard InChI is InChI=1S/C15H20N4O.2ClH/c1-9(17-15(20)10-6-7-11(16)8-10)14-18-12-4-2-3-5-13(12)19-14;;/h2-5,9-11H,6-8,16H2,1H3,(H,17,20)(H,18,19);2*1H. The van der Waals surface area contributed by atoms with Gasteiger partial charge in [-0.1, -0.05) is 12.1 Å². The molecule has 1 heterocycles. The van der Waals surface area contributed by atoms with Crippen LogP contribution in [-0.4, -0.2) is 21.9 Å². The van der Waals surface area contributed by atoms with Crippen LogP contribution in [0.25, 0.3) is 11.0 Å². The molecule has 1 aromatic carbocycles. The van der Waals surface area contributed by atoms with Crippen molar-refractivity contribution in [1.82, 2.24) is 15.3 Å². The van der Waals surface area contributed by atoms with E-state index in [0.29, 0.717) is 0 Å². The maximum atomic E-state index is 12.2. The quantitative estimate of drug-likeness (QED) is 0.800. The van der Waals surface area contributed by atoms with Crippen molar-refractivity contribution in [1.29, 1.82) is 0 Å². The highest BCUT2D eigenvalue weighted by atomic mass is 35.5. The number of halogens is 2. The molecule has 0 saturated heterocycles. The van der Waals surface area contributed by atoms with E-state index in [4.69, 9.17) is 5.73 Å². The molecule has 1 fully saturated rings. The summed E-state index contributed by atoms with van der Waals surface area (Å²) in [6.45, 7) is 1.95. The minimum atomic E-state index is -0.119. The summed E-state index contributed by atoms with van der Waals surface area (Å²) in [5, 5.41) is 3.03. The predicted octanol–water partition coefficient (Wildman–Crippen LogP) is 2.71. The van der Waals surface area contributed by atoms with Gasteiger partial charge >= 0.3 is 0 Å². The number of imidazole rings is 1. The molecular weight excluding hydrogens is 323 g/mol. The lowest BCUT2D eigenvalue weighted by Crippen LogP contribution is -2.33. The fraction of sp³-hybridized carbons (Fsp3) is 0.467. The molecule has 7 heteroatoms. The van der Waals surface area contributed by atoms with Gasteiger partial charge < -0.3 is 16.0 Å². The zero-order valence-corrected chi connectivity index (χ0v) is 14.0. The van der Waals surface area contributed by atoms with Gasteiger partial charge in [0.1, 0.15) is 5.82 Å². The first-order chi connectivity index (χ1) is 9.63. The third kappa shape index (κ3) is 3.91. The topological polar surface area (TPSA) is 83.8 Å². The Kier molecular flexibility index (Phi) is 6.66. The molecule has 1 aromatic heterocycles. The van der Waals surface area contributed by atoms with Crippen LogP contribution in [0, 0.1) is 5.92 Å². The third-order valence-corrected chi connectivity index (χ3v) is 4.02. The largest absolute Gasteiger partial charge is 0.346 e. The minimum absolute atomic E-state index is 0. The number of benzene rings is 1. The van der Waals surface area contributed by atoms with Gasteiger partial charge in [0.15, 0.2) is 0 Å². The molecule has 22 heavy (non-hydrogen) atoms. The summed E-state index contributed by atoms with van der Waals surface area (Å²) < 4.78 is 0. The van der Waals surface area contributed by atoms with Crippen LogP contribution in [0.2, 0.25) is 0 Å². The lowest BCUT2D eigenvalue weighted by atomic mass is 10.1. The smallest absolute Gasteiger partial charge is 0.223 e. The number of carbonyl (C=O) groups excluding carboxylic acids is 1. The zero-order valence-electron chi connectivity index (χ0n) is 12.4. The highest BCUT2D eigenvalue weighted by molar-refractivity contribution is 5.85. The summed E-state index contributed by atoms with van der Waals surface area (Å²) in [6.07, 6.45) is 2.62. The number of aromatic nitrogens is 2. The number of fused-ring (bicyclic) bond motifs is 1. The van der Waals surface area contributed by atoms with Crippen molar-refractivity contribution < 1.29 is 4.79 Å². The van der Waals surface area contributed by atoms with E-state index < -0.39 is 0 Å². The molecule has 2 aromatic rings. The Morgan fingerprint density at radius 1 is 1.36 bits per heavy atom. The lowest BCUT2D eigenvalue weighted by Gasteiger charge is -2.15. The number of H-pyrrole nitrogens is 1. The van der Waals surface area contributed by atoms with E-state index in [2.05, 4.69) is 15.3 Å². The summed E-state index contributed by atoms with van der Waals surface area (Å²) in [4.78, 5) is 19.9. The van der Waals surface area contributed by atoms with Crippen LogP contribution in [-0.2, 0) is 4.79 Å². The Labute approximate surface area is 142 Å². The summed E-state index contributed by atoms with van der Waals surface area (Å²) in [7, 11) is 0. The molecule has 1 aliphatic rings. The van der Waals surface area contributed by atoms with Crippen molar-refractivity contribution in [3.05, 3.63) is 30.1 Å². The molecule has 0 bridgehead atoms. The highest BCUT2D eigenvalue weighted by Gasteiger charge is 2.28. The van der Waals surface area contributed by atoms with Crippen LogP contribution in [0.3, 0.4) is 0 Å². The summed E-state index contributed by atoms with van der Waals surface area (Å²) >= 11 is 0. The SMILES string of the molecule is CC(NC(=O)C1CCC(N)C1)c1nc2ccccc2[nH]1.Cl.Cl. The van der Waals surface area contributed by atoms with Gasteiger partial charge in [-0.25, -0.2) is 4.98 Å². The summed E-state index contributed by atoms with van der Waals surface area (Å²) in [5.74, 6) is 0.935. The Balaban J connectivity index is 0.00000121. The first-order valence-corrected chi connectivity index (χ1v) is 7.14. The Hall–Kier alpha value is -1.30. The second-order valence-corrected chi connectivity index (χ2v) is 5.64. The van der Waals surface area contributed by atoms with Crippen molar-refractivity contribution >= 4 is 41.8 Å². The van der Waals surface area contributed by atoms with Gasteiger partial charge in [0.05, 0.1) is 17.1 Å². The number of rotatable bonds is 3. The lowest BCUT2D eigenvalue weighted by molar-refractivity contribution is -0.125. The predicted molar refractivity (Wildman–Crippen MR) is 92.5 cm³/mol. The monoisotopic (exact) mass is 344 g/mol. The highest BCUT2D eigenvalue weighted by Crippen LogP contribution is 2.25. The van der Waals surface area contributed by atoms with Crippen molar-refractivity contribution in [3.63, 3.8) is 0 Å². The van der Waals surface area contributed by atoms with Gasteiger partial charge in [0.25, 0.3) is 0 Å². The molecule has 3 atom stereocenters. The fourth-order valence-corrected chi connectivity index (χ4v) is 2.83. The molecule has 0 radical (unpaired) electrons. The minimum Gasteiger partial charge on any atom is -0.346 e. The number of amides is 1. The second-order valence-electron chi connectivity index (χ2n) is 5.64. The fourth-order valence-electron chi connectivity index (χ4n) is 2.83. The molecule has 1 amide bonds. The average molecular weight is 345 g/mol. The number of para-hydroxylation sites is 2. The van der Waals surface area contributed by atoms with Crippen molar-refractivity contribution in [2.45, 2.75) is 38.3 Å². The molecule has 0 aliphatic heterocycles. The van der Waals surface area contributed by atoms with Crippen LogP contribution >= 0.6 is 24.8 Å². The average Bonchev–Trinajstić information content (AvgIpc) is 3.04.